The minimum absolute atomic E-state index is 0.0965. The first kappa shape index (κ1) is 17.2. The molecule has 138 valence electrons. The summed E-state index contributed by atoms with van der Waals surface area (Å²) in [6.45, 7) is 1.72. The van der Waals surface area contributed by atoms with Gasteiger partial charge in [0.25, 0.3) is 0 Å². The second-order valence-electron chi connectivity index (χ2n) is 6.55. The van der Waals surface area contributed by atoms with Crippen molar-refractivity contribution in [1.82, 2.24) is 14.0 Å². The first-order valence-electron chi connectivity index (χ1n) is 8.07. The van der Waals surface area contributed by atoms with Crippen LogP contribution < -0.4 is 5.69 Å². The zero-order valence-corrected chi connectivity index (χ0v) is 14.8. The maximum absolute atomic E-state index is 12.9. The molecule has 0 aliphatic carbocycles. The molecule has 0 spiro atoms. The molecular formula is C17H13ClN4O5. The van der Waals surface area contributed by atoms with Crippen LogP contribution in [0.4, 0.5) is 0 Å². The van der Waals surface area contributed by atoms with E-state index in [1.807, 2.05) is 6.07 Å². The van der Waals surface area contributed by atoms with Gasteiger partial charge < -0.3 is 15.1 Å². The van der Waals surface area contributed by atoms with Crippen molar-refractivity contribution in [3.8, 4) is 17.6 Å². The van der Waals surface area contributed by atoms with Gasteiger partial charge in [-0.2, -0.15) is 5.26 Å². The summed E-state index contributed by atoms with van der Waals surface area (Å²) in [6, 6.07) is 3.83. The molecule has 4 rings (SSSR count). The number of benzene rings is 1. The topological polar surface area (TPSA) is 129 Å². The molecule has 2 N–H and O–H groups in total. The molecular weight excluding hydrogens is 376 g/mol. The van der Waals surface area contributed by atoms with Crippen LogP contribution in [0.5, 0.6) is 5.88 Å². The fourth-order valence-electron chi connectivity index (χ4n) is 4.01. The molecule has 10 heteroatoms. The van der Waals surface area contributed by atoms with Crippen molar-refractivity contribution in [2.75, 3.05) is 6.54 Å². The first-order chi connectivity index (χ1) is 12.8. The third-order valence-corrected chi connectivity index (χ3v) is 5.71. The summed E-state index contributed by atoms with van der Waals surface area (Å²) in [7, 11) is 0. The molecule has 1 fully saturated rings. The van der Waals surface area contributed by atoms with E-state index < -0.39 is 29.6 Å². The fourth-order valence-corrected chi connectivity index (χ4v) is 4.22. The van der Waals surface area contributed by atoms with E-state index in [1.165, 1.54) is 16.7 Å². The molecule has 2 aromatic rings. The van der Waals surface area contributed by atoms with Crippen molar-refractivity contribution in [2.24, 2.45) is 0 Å². The number of carbonyl (C=O) groups is 2. The maximum Gasteiger partial charge on any atom is 0.394 e. The van der Waals surface area contributed by atoms with Gasteiger partial charge in [0.2, 0.25) is 5.88 Å². The third-order valence-electron chi connectivity index (χ3n) is 5.22. The number of imidazole rings is 1. The molecule has 2 atom stereocenters. The van der Waals surface area contributed by atoms with E-state index in [4.69, 9.17) is 22.0 Å². The highest BCUT2D eigenvalue weighted by atomic mass is 35.5. The number of hydrogen-bond acceptors (Lipinski definition) is 5. The number of carboxylic acids is 1. The highest BCUT2D eigenvalue weighted by Gasteiger charge is 2.50. The predicted octanol–water partition coefficient (Wildman–Crippen LogP) is 1.09. The van der Waals surface area contributed by atoms with Crippen molar-refractivity contribution in [2.45, 2.75) is 25.4 Å². The molecule has 0 radical (unpaired) electrons. The van der Waals surface area contributed by atoms with Gasteiger partial charge in [0.1, 0.15) is 11.8 Å². The van der Waals surface area contributed by atoms with E-state index in [1.54, 1.807) is 6.92 Å². The Bertz CT molecular complexity index is 1130. The van der Waals surface area contributed by atoms with Crippen LogP contribution >= 0.6 is 11.6 Å². The monoisotopic (exact) mass is 388 g/mol. The van der Waals surface area contributed by atoms with E-state index in [0.29, 0.717) is 17.7 Å². The zero-order valence-electron chi connectivity index (χ0n) is 14.0. The van der Waals surface area contributed by atoms with Crippen molar-refractivity contribution in [1.29, 1.82) is 5.26 Å². The smallest absolute Gasteiger partial charge is 0.394 e. The summed E-state index contributed by atoms with van der Waals surface area (Å²) < 4.78 is 2.47. The number of hydrogen-bond donors (Lipinski definition) is 2. The van der Waals surface area contributed by atoms with Crippen LogP contribution in [0, 0.1) is 18.3 Å². The lowest BCUT2D eigenvalue weighted by Crippen LogP contribution is -2.41. The number of aromatic hydroxyl groups is 1. The third kappa shape index (κ3) is 2.13. The van der Waals surface area contributed by atoms with Gasteiger partial charge in [-0.3, -0.25) is 9.36 Å². The van der Waals surface area contributed by atoms with Gasteiger partial charge in [0.15, 0.2) is 0 Å². The second kappa shape index (κ2) is 5.62. The van der Waals surface area contributed by atoms with Crippen LogP contribution in [-0.2, 0) is 9.59 Å². The van der Waals surface area contributed by atoms with Gasteiger partial charge in [0, 0.05) is 6.54 Å². The molecule has 1 saturated heterocycles. The van der Waals surface area contributed by atoms with Crippen molar-refractivity contribution < 1.29 is 19.8 Å². The average molecular weight is 389 g/mol. The van der Waals surface area contributed by atoms with Crippen molar-refractivity contribution in [3.63, 3.8) is 0 Å². The molecule has 2 aliphatic rings. The average Bonchev–Trinajstić information content (AvgIpc) is 3.29. The van der Waals surface area contributed by atoms with Crippen LogP contribution in [0.2, 0.25) is 5.02 Å². The molecule has 27 heavy (non-hydrogen) atoms. The van der Waals surface area contributed by atoms with Gasteiger partial charge in [0.05, 0.1) is 28.4 Å². The van der Waals surface area contributed by atoms with Crippen molar-refractivity contribution in [3.05, 3.63) is 44.5 Å². The highest BCUT2D eigenvalue weighted by Crippen LogP contribution is 2.48. The van der Waals surface area contributed by atoms with E-state index in [2.05, 4.69) is 0 Å². The van der Waals surface area contributed by atoms with Gasteiger partial charge in [-0.1, -0.05) is 11.6 Å². The minimum atomic E-state index is -1.58. The van der Waals surface area contributed by atoms with Crippen LogP contribution in [0.15, 0.2) is 16.9 Å². The lowest BCUT2D eigenvalue weighted by molar-refractivity contribution is -0.156. The van der Waals surface area contributed by atoms with Gasteiger partial charge in [-0.25, -0.2) is 14.2 Å². The Balaban J connectivity index is 1.88. The van der Waals surface area contributed by atoms with E-state index in [9.17, 15) is 19.5 Å². The summed E-state index contributed by atoms with van der Waals surface area (Å²) in [5.74, 6) is -3.00. The Morgan fingerprint density at radius 1 is 1.37 bits per heavy atom. The number of fused-ring (bicyclic) bond motifs is 5. The second-order valence-corrected chi connectivity index (χ2v) is 6.93. The number of carboxylic acid groups (broad SMARTS) is 1. The summed E-state index contributed by atoms with van der Waals surface area (Å²) in [6.07, 6.45) is 0.380. The molecule has 3 heterocycles. The molecule has 1 aromatic carbocycles. The number of nitriles is 1. The van der Waals surface area contributed by atoms with Crippen molar-refractivity contribution >= 4 is 23.5 Å². The molecule has 0 saturated carbocycles. The lowest BCUT2D eigenvalue weighted by atomic mass is 10.1. The van der Waals surface area contributed by atoms with Crippen LogP contribution in [0.3, 0.4) is 0 Å². The number of rotatable bonds is 1. The quantitative estimate of drug-likeness (QED) is 0.703. The maximum atomic E-state index is 12.9. The SMILES string of the molecule is Cc1c(-n2c(O)c3n(c2=O)[C@H]2C[C@@H]3N(C(=O)C(=O)O)C2)ccc(C#N)c1Cl. The van der Waals surface area contributed by atoms with Crippen LogP contribution in [0.25, 0.3) is 5.69 Å². The van der Waals surface area contributed by atoms with E-state index in [0.717, 1.165) is 9.47 Å². The lowest BCUT2D eigenvalue weighted by Gasteiger charge is -2.25. The Morgan fingerprint density at radius 2 is 2.07 bits per heavy atom. The predicted molar refractivity (Wildman–Crippen MR) is 91.9 cm³/mol. The number of aromatic nitrogens is 2. The number of halogens is 1. The number of amides is 1. The molecule has 2 aliphatic heterocycles. The highest BCUT2D eigenvalue weighted by molar-refractivity contribution is 6.32. The Hall–Kier alpha value is -3.25. The zero-order chi connectivity index (χ0) is 19.6. The van der Waals surface area contributed by atoms with Crippen LogP contribution in [0.1, 0.15) is 35.3 Å². The molecule has 2 bridgehead atoms. The largest absolute Gasteiger partial charge is 0.493 e. The summed E-state index contributed by atoms with van der Waals surface area (Å²) >= 11 is 6.17. The van der Waals surface area contributed by atoms with Gasteiger partial charge >= 0.3 is 17.6 Å². The number of carbonyl (C=O) groups excluding carboxylic acids is 1. The summed E-state index contributed by atoms with van der Waals surface area (Å²) in [4.78, 5) is 37.0. The Labute approximate surface area is 157 Å². The van der Waals surface area contributed by atoms with E-state index in [-0.39, 0.29) is 28.7 Å². The molecule has 1 aromatic heterocycles. The van der Waals surface area contributed by atoms with E-state index >= 15 is 0 Å². The van der Waals surface area contributed by atoms with Crippen LogP contribution in [-0.4, -0.2) is 42.7 Å². The normalized spacial score (nSPS) is 19.8. The molecule has 0 unspecified atom stereocenters. The molecule has 1 amide bonds. The fraction of sp³-hybridized carbons (Fsp3) is 0.294. The number of aliphatic carboxylic acids is 1. The summed E-state index contributed by atoms with van der Waals surface area (Å²) in [5, 5.41) is 29.0. The standard InChI is InChI=1S/C17H13ClN4O5/c1-7-10(3-2-8(5-19)12(7)18)22-14(23)13-11-4-9(21(13)17(22)27)6-20(11)15(24)16(25)26/h2-3,9,11,23H,4,6H2,1H3,(H,25,26)/t9-,11-/m0/s1. The number of likely N-dealkylation sites (tertiary alicyclic amines) is 1. The van der Waals surface area contributed by atoms with Gasteiger partial charge in [-0.15, -0.1) is 0 Å². The Morgan fingerprint density at radius 3 is 2.70 bits per heavy atom. The number of nitrogens with zero attached hydrogens (tertiary/aromatic N) is 4. The summed E-state index contributed by atoms with van der Waals surface area (Å²) in [5.41, 5.74) is 0.727. The first-order valence-corrected chi connectivity index (χ1v) is 8.45. The Kier molecular flexibility index (Phi) is 3.58. The molecule has 9 nitrogen and oxygen atoms in total. The minimum Gasteiger partial charge on any atom is -0.493 e. The van der Waals surface area contributed by atoms with Gasteiger partial charge in [-0.05, 0) is 31.0 Å².